The fraction of sp³-hybridized carbons (Fsp3) is 0.611. The fourth-order valence-electron chi connectivity index (χ4n) is 3.23. The van der Waals surface area contributed by atoms with Crippen molar-refractivity contribution in [2.75, 3.05) is 36.5 Å². The van der Waals surface area contributed by atoms with Crippen LogP contribution in [0.5, 0.6) is 0 Å². The summed E-state index contributed by atoms with van der Waals surface area (Å²) in [4.78, 5) is 14.1. The molecule has 0 bridgehead atoms. The average molecular weight is 318 g/mol. The molecule has 0 unspecified atom stereocenters. The third kappa shape index (κ3) is 4.03. The Morgan fingerprint density at radius 2 is 1.78 bits per heavy atom. The first-order valence-electron chi connectivity index (χ1n) is 8.49. The zero-order valence-corrected chi connectivity index (χ0v) is 14.0. The molecule has 126 valence electrons. The van der Waals surface area contributed by atoms with Crippen LogP contribution in [0.3, 0.4) is 0 Å². The molecule has 5 heteroatoms. The average Bonchev–Trinajstić information content (AvgIpc) is 2.96. The molecule has 2 aliphatic heterocycles. The first-order chi connectivity index (χ1) is 11.1. The maximum Gasteiger partial charge on any atom is 0.224 e. The first-order valence-corrected chi connectivity index (χ1v) is 8.49. The molecule has 1 aromatic carbocycles. The number of carbonyl (C=O) groups is 1. The second kappa shape index (κ2) is 6.89. The molecule has 1 amide bonds. The Morgan fingerprint density at radius 1 is 1.17 bits per heavy atom. The topological polar surface area (TPSA) is 50.8 Å². The van der Waals surface area contributed by atoms with E-state index in [4.69, 9.17) is 9.47 Å². The van der Waals surface area contributed by atoms with Gasteiger partial charge in [-0.2, -0.15) is 0 Å². The number of piperidine rings is 1. The van der Waals surface area contributed by atoms with E-state index in [1.54, 1.807) is 0 Å². The van der Waals surface area contributed by atoms with E-state index in [0.29, 0.717) is 25.6 Å². The number of benzene rings is 1. The lowest BCUT2D eigenvalue weighted by Gasteiger charge is -2.38. The number of amides is 1. The number of nitrogens with one attached hydrogen (secondary N) is 1. The highest BCUT2D eigenvalue weighted by atomic mass is 16.7. The van der Waals surface area contributed by atoms with Crippen molar-refractivity contribution >= 4 is 17.3 Å². The van der Waals surface area contributed by atoms with Crippen LogP contribution in [0.4, 0.5) is 11.4 Å². The van der Waals surface area contributed by atoms with E-state index in [1.807, 2.05) is 26.0 Å². The van der Waals surface area contributed by atoms with Crippen LogP contribution in [-0.2, 0) is 14.3 Å². The Hall–Kier alpha value is -1.59. The van der Waals surface area contributed by atoms with Crippen molar-refractivity contribution in [3.63, 3.8) is 0 Å². The van der Waals surface area contributed by atoms with Crippen LogP contribution in [0.1, 0.15) is 33.1 Å². The molecule has 3 rings (SSSR count). The SMILES string of the molecule is CC(C)CC(=O)Nc1ccc(N2CCC3(CC2)OCCO3)cc1. The molecular formula is C18H26N2O3. The molecule has 0 atom stereocenters. The monoisotopic (exact) mass is 318 g/mol. The first kappa shape index (κ1) is 16.3. The summed E-state index contributed by atoms with van der Waals surface area (Å²) in [6.45, 7) is 7.38. The van der Waals surface area contributed by atoms with Crippen molar-refractivity contribution in [1.29, 1.82) is 0 Å². The van der Waals surface area contributed by atoms with Crippen LogP contribution in [0.15, 0.2) is 24.3 Å². The van der Waals surface area contributed by atoms with Crippen molar-refractivity contribution in [2.45, 2.75) is 38.9 Å². The normalized spacial score (nSPS) is 20.2. The van der Waals surface area contributed by atoms with Gasteiger partial charge in [0, 0.05) is 43.7 Å². The molecule has 2 fully saturated rings. The number of hydrogen-bond acceptors (Lipinski definition) is 4. The molecule has 2 aliphatic rings. The minimum absolute atomic E-state index is 0.0724. The number of rotatable bonds is 4. The lowest BCUT2D eigenvalue weighted by Crippen LogP contribution is -2.45. The third-order valence-corrected chi connectivity index (χ3v) is 4.45. The highest BCUT2D eigenvalue weighted by Gasteiger charge is 2.39. The summed E-state index contributed by atoms with van der Waals surface area (Å²) in [7, 11) is 0. The molecule has 5 nitrogen and oxygen atoms in total. The molecule has 0 saturated carbocycles. The van der Waals surface area contributed by atoms with E-state index >= 15 is 0 Å². The maximum absolute atomic E-state index is 11.8. The summed E-state index contributed by atoms with van der Waals surface area (Å²) >= 11 is 0. The summed E-state index contributed by atoms with van der Waals surface area (Å²) < 4.78 is 11.5. The van der Waals surface area contributed by atoms with Gasteiger partial charge in [-0.25, -0.2) is 0 Å². The number of ether oxygens (including phenoxy) is 2. The Labute approximate surface area is 137 Å². The van der Waals surface area contributed by atoms with Crippen molar-refractivity contribution in [2.24, 2.45) is 5.92 Å². The second-order valence-corrected chi connectivity index (χ2v) is 6.79. The van der Waals surface area contributed by atoms with Gasteiger partial charge in [0.05, 0.1) is 13.2 Å². The zero-order chi connectivity index (χ0) is 16.3. The van der Waals surface area contributed by atoms with Crippen LogP contribution >= 0.6 is 0 Å². The standard InChI is InChI=1S/C18H26N2O3/c1-14(2)13-17(21)19-15-3-5-16(6-4-15)20-9-7-18(8-10-20)22-11-12-23-18/h3-6,14H,7-13H2,1-2H3,(H,19,21). The van der Waals surface area contributed by atoms with Crippen molar-refractivity contribution < 1.29 is 14.3 Å². The maximum atomic E-state index is 11.8. The molecule has 0 radical (unpaired) electrons. The fourth-order valence-corrected chi connectivity index (χ4v) is 3.23. The van der Waals surface area contributed by atoms with Gasteiger partial charge in [-0.1, -0.05) is 13.8 Å². The van der Waals surface area contributed by atoms with Gasteiger partial charge in [-0.05, 0) is 30.2 Å². The van der Waals surface area contributed by atoms with Crippen LogP contribution in [0.2, 0.25) is 0 Å². The summed E-state index contributed by atoms with van der Waals surface area (Å²) in [6.07, 6.45) is 2.36. The smallest absolute Gasteiger partial charge is 0.224 e. The van der Waals surface area contributed by atoms with Gasteiger partial charge in [0.2, 0.25) is 5.91 Å². The molecule has 0 aliphatic carbocycles. The van der Waals surface area contributed by atoms with Gasteiger partial charge >= 0.3 is 0 Å². The molecule has 23 heavy (non-hydrogen) atoms. The highest BCUT2D eigenvalue weighted by molar-refractivity contribution is 5.91. The van der Waals surface area contributed by atoms with Crippen LogP contribution in [0, 0.1) is 5.92 Å². The predicted molar refractivity (Wildman–Crippen MR) is 90.6 cm³/mol. The largest absolute Gasteiger partial charge is 0.371 e. The van der Waals surface area contributed by atoms with Crippen LogP contribution in [-0.4, -0.2) is 38.0 Å². The Balaban J connectivity index is 1.54. The van der Waals surface area contributed by atoms with Gasteiger partial charge in [0.15, 0.2) is 5.79 Å². The lowest BCUT2D eigenvalue weighted by atomic mass is 10.0. The van der Waals surface area contributed by atoms with Gasteiger partial charge in [0.1, 0.15) is 0 Å². The molecule has 1 aromatic rings. The minimum Gasteiger partial charge on any atom is -0.371 e. The van der Waals surface area contributed by atoms with Crippen LogP contribution < -0.4 is 10.2 Å². The molecular weight excluding hydrogens is 292 g/mol. The minimum atomic E-state index is -0.332. The third-order valence-electron chi connectivity index (χ3n) is 4.45. The Kier molecular flexibility index (Phi) is 4.87. The summed E-state index contributed by atoms with van der Waals surface area (Å²) in [5.74, 6) is 0.111. The Morgan fingerprint density at radius 3 is 2.35 bits per heavy atom. The molecule has 1 spiro atoms. The van der Waals surface area contributed by atoms with Gasteiger partial charge in [-0.3, -0.25) is 4.79 Å². The van der Waals surface area contributed by atoms with E-state index < -0.39 is 0 Å². The van der Waals surface area contributed by atoms with E-state index in [1.165, 1.54) is 5.69 Å². The Bertz CT molecular complexity index is 526. The van der Waals surface area contributed by atoms with E-state index in [2.05, 4.69) is 22.3 Å². The predicted octanol–water partition coefficient (Wildman–Crippen LogP) is 3.01. The van der Waals surface area contributed by atoms with Crippen molar-refractivity contribution in [1.82, 2.24) is 0 Å². The number of carbonyl (C=O) groups excluding carboxylic acids is 1. The quantitative estimate of drug-likeness (QED) is 0.927. The van der Waals surface area contributed by atoms with E-state index in [-0.39, 0.29) is 11.7 Å². The summed E-state index contributed by atoms with van der Waals surface area (Å²) in [5.41, 5.74) is 2.04. The highest BCUT2D eigenvalue weighted by Crippen LogP contribution is 2.33. The number of nitrogens with zero attached hydrogens (tertiary/aromatic N) is 1. The van der Waals surface area contributed by atoms with E-state index in [0.717, 1.165) is 31.6 Å². The molecule has 0 aromatic heterocycles. The summed E-state index contributed by atoms with van der Waals surface area (Å²) in [6, 6.07) is 8.08. The molecule has 2 heterocycles. The number of anilines is 2. The number of hydrogen-bond donors (Lipinski definition) is 1. The second-order valence-electron chi connectivity index (χ2n) is 6.79. The van der Waals surface area contributed by atoms with Crippen molar-refractivity contribution in [3.8, 4) is 0 Å². The molecule has 2 saturated heterocycles. The van der Waals surface area contributed by atoms with E-state index in [9.17, 15) is 4.79 Å². The lowest BCUT2D eigenvalue weighted by molar-refractivity contribution is -0.169. The van der Waals surface area contributed by atoms with Crippen molar-refractivity contribution in [3.05, 3.63) is 24.3 Å². The van der Waals surface area contributed by atoms with Crippen LogP contribution in [0.25, 0.3) is 0 Å². The zero-order valence-electron chi connectivity index (χ0n) is 14.0. The molecule has 1 N–H and O–H groups in total. The van der Waals surface area contributed by atoms with Gasteiger partial charge < -0.3 is 19.7 Å². The van der Waals surface area contributed by atoms with Gasteiger partial charge in [-0.15, -0.1) is 0 Å². The van der Waals surface area contributed by atoms with Gasteiger partial charge in [0.25, 0.3) is 0 Å². The summed E-state index contributed by atoms with van der Waals surface area (Å²) in [5, 5.41) is 2.95.